The minimum absolute atomic E-state index is 0.0905. The number of ether oxygens (including phenoxy) is 2. The number of carbonyl (C=O) groups is 1. The van der Waals surface area contributed by atoms with Gasteiger partial charge in [-0.1, -0.05) is 66.1 Å². The number of carbonyl (C=O) groups excluding carboxylic acids is 1. The van der Waals surface area contributed by atoms with Gasteiger partial charge in [-0.05, 0) is 60.4 Å². The smallest absolute Gasteiger partial charge is 0.350 e. The van der Waals surface area contributed by atoms with Crippen molar-refractivity contribution in [1.82, 2.24) is 0 Å². The van der Waals surface area contributed by atoms with Gasteiger partial charge in [-0.2, -0.15) is 0 Å². The van der Waals surface area contributed by atoms with Gasteiger partial charge in [-0.3, -0.25) is 0 Å². The summed E-state index contributed by atoms with van der Waals surface area (Å²) in [5.74, 6) is 1.38. The lowest BCUT2D eigenvalue weighted by Crippen LogP contribution is -2.10. The maximum absolute atomic E-state index is 15.3. The molecule has 0 aromatic heterocycles. The molecule has 0 atom stereocenters. The zero-order chi connectivity index (χ0) is 24.7. The van der Waals surface area contributed by atoms with Crippen LogP contribution in [0.5, 0.6) is 0 Å². The Labute approximate surface area is 204 Å². The second kappa shape index (κ2) is 11.4. The molecular weight excluding hydrogens is 451 g/mol. The Morgan fingerprint density at radius 2 is 1.85 bits per heavy atom. The van der Waals surface area contributed by atoms with E-state index in [2.05, 4.69) is 5.92 Å². The summed E-state index contributed by atoms with van der Waals surface area (Å²) < 4.78 is 26.4. The Bertz CT molecular complexity index is 1300. The van der Waals surface area contributed by atoms with Crippen LogP contribution < -0.4 is 0 Å². The summed E-state index contributed by atoms with van der Waals surface area (Å²) >= 11 is 6.21. The lowest BCUT2D eigenvalue weighted by Gasteiger charge is -2.20. The molecule has 0 amide bonds. The van der Waals surface area contributed by atoms with Crippen molar-refractivity contribution < 1.29 is 18.7 Å². The molecule has 0 aliphatic carbocycles. The van der Waals surface area contributed by atoms with Crippen molar-refractivity contribution in [3.63, 3.8) is 0 Å². The van der Waals surface area contributed by atoms with Gasteiger partial charge >= 0.3 is 5.97 Å². The molecule has 3 aromatic rings. The van der Waals surface area contributed by atoms with Crippen molar-refractivity contribution in [2.75, 3.05) is 7.11 Å². The predicted molar refractivity (Wildman–Crippen MR) is 135 cm³/mol. The fourth-order valence-electron chi connectivity index (χ4n) is 3.58. The predicted octanol–water partition coefficient (Wildman–Crippen LogP) is 7.30. The van der Waals surface area contributed by atoms with Crippen LogP contribution >= 0.6 is 11.6 Å². The van der Waals surface area contributed by atoms with Gasteiger partial charge in [-0.15, -0.1) is 6.42 Å². The van der Waals surface area contributed by atoms with E-state index in [0.29, 0.717) is 27.3 Å². The van der Waals surface area contributed by atoms with Crippen LogP contribution in [0.1, 0.15) is 30.5 Å². The van der Waals surface area contributed by atoms with E-state index in [-0.39, 0.29) is 17.9 Å². The number of hydrogen-bond donors (Lipinski definition) is 0. The van der Waals surface area contributed by atoms with Gasteiger partial charge in [0.15, 0.2) is 11.3 Å². The summed E-state index contributed by atoms with van der Waals surface area (Å²) in [6.45, 7) is 3.85. The van der Waals surface area contributed by atoms with Crippen molar-refractivity contribution in [2.45, 2.75) is 20.5 Å². The molecule has 5 heteroatoms. The fraction of sp³-hybridized carbons (Fsp3) is 0.138. The minimum atomic E-state index is -0.719. The van der Waals surface area contributed by atoms with E-state index in [1.165, 1.54) is 13.2 Å². The van der Waals surface area contributed by atoms with Crippen LogP contribution in [0.25, 0.3) is 22.5 Å². The third-order valence-corrected chi connectivity index (χ3v) is 5.56. The number of benzene rings is 3. The number of hydrogen-bond acceptors (Lipinski definition) is 3. The Kier molecular flexibility index (Phi) is 8.29. The first-order valence-electron chi connectivity index (χ1n) is 10.6. The Balaban J connectivity index is 2.33. The number of esters is 1. The number of methoxy groups -OCH3 is 1. The van der Waals surface area contributed by atoms with Gasteiger partial charge < -0.3 is 9.47 Å². The zero-order valence-corrected chi connectivity index (χ0v) is 19.9. The summed E-state index contributed by atoms with van der Waals surface area (Å²) in [6, 6.07) is 19.3. The second-order valence-electron chi connectivity index (χ2n) is 7.44. The highest BCUT2D eigenvalue weighted by Gasteiger charge is 2.25. The Hall–Kier alpha value is -3.81. The van der Waals surface area contributed by atoms with E-state index in [0.717, 1.165) is 11.1 Å². The van der Waals surface area contributed by atoms with Gasteiger partial charge in [0.2, 0.25) is 0 Å². The molecule has 0 aliphatic heterocycles. The molecule has 0 heterocycles. The maximum Gasteiger partial charge on any atom is 0.350 e. The maximum atomic E-state index is 15.3. The average Bonchev–Trinajstić information content (AvgIpc) is 2.86. The molecule has 0 radical (unpaired) electrons. The van der Waals surface area contributed by atoms with E-state index in [9.17, 15) is 4.79 Å². The lowest BCUT2D eigenvalue weighted by molar-refractivity contribution is -0.135. The molecule has 0 aliphatic rings. The van der Waals surface area contributed by atoms with Crippen LogP contribution in [0.2, 0.25) is 5.02 Å². The Morgan fingerprint density at radius 1 is 1.12 bits per heavy atom. The van der Waals surface area contributed by atoms with E-state index >= 15 is 4.39 Å². The molecule has 0 N–H and O–H groups in total. The molecule has 0 saturated carbocycles. The van der Waals surface area contributed by atoms with Crippen molar-refractivity contribution >= 4 is 28.9 Å². The van der Waals surface area contributed by atoms with Crippen LogP contribution in [-0.2, 0) is 20.9 Å². The molecule has 172 valence electrons. The van der Waals surface area contributed by atoms with Crippen molar-refractivity contribution in [3.8, 4) is 23.5 Å². The van der Waals surface area contributed by atoms with E-state index in [4.69, 9.17) is 27.5 Å². The first-order valence-corrected chi connectivity index (χ1v) is 11.0. The molecule has 0 saturated heterocycles. The summed E-state index contributed by atoms with van der Waals surface area (Å²) in [5.41, 5.74) is 3.50. The first-order chi connectivity index (χ1) is 16.4. The highest BCUT2D eigenvalue weighted by molar-refractivity contribution is 6.30. The van der Waals surface area contributed by atoms with Gasteiger partial charge in [-0.25, -0.2) is 9.18 Å². The largest absolute Gasteiger partial charge is 0.487 e. The van der Waals surface area contributed by atoms with Gasteiger partial charge in [0.05, 0.1) is 7.11 Å². The monoisotopic (exact) mass is 474 g/mol. The summed E-state index contributed by atoms with van der Waals surface area (Å²) in [7, 11) is 1.24. The van der Waals surface area contributed by atoms with Gasteiger partial charge in [0.25, 0.3) is 0 Å². The fourth-order valence-corrected chi connectivity index (χ4v) is 3.77. The Morgan fingerprint density at radius 3 is 2.47 bits per heavy atom. The number of halogens is 2. The summed E-state index contributed by atoms with van der Waals surface area (Å²) in [6.07, 6.45) is 7.58. The van der Waals surface area contributed by atoms with Crippen LogP contribution in [-0.4, -0.2) is 13.1 Å². The van der Waals surface area contributed by atoms with Crippen molar-refractivity contribution in [1.29, 1.82) is 0 Å². The van der Waals surface area contributed by atoms with Crippen molar-refractivity contribution in [3.05, 3.63) is 106 Å². The third kappa shape index (κ3) is 5.39. The lowest BCUT2D eigenvalue weighted by atomic mass is 9.88. The molecule has 0 bridgehead atoms. The summed E-state index contributed by atoms with van der Waals surface area (Å²) in [5, 5.41) is 0.473. The topological polar surface area (TPSA) is 35.5 Å². The quantitative estimate of drug-likeness (QED) is 0.156. The number of terminal acetylenes is 1. The molecule has 0 fully saturated rings. The second-order valence-corrected chi connectivity index (χ2v) is 7.88. The van der Waals surface area contributed by atoms with E-state index in [1.807, 2.05) is 50.3 Å². The van der Waals surface area contributed by atoms with E-state index < -0.39 is 11.8 Å². The standard InChI is InChI=1S/C29H24ClFO3/c1-5-19(3)26-24(15-16-25(31)27(26)21-13-10-14-22(30)17-21)28(23(6-2)29(32)33-4)34-18-20-11-8-7-9-12-20/h2,5,7-17H,18H2,1,3-4H3/b19-5-,28-23-. The molecular formula is C29H24ClFO3. The van der Waals surface area contributed by atoms with Crippen LogP contribution in [0.3, 0.4) is 0 Å². The minimum Gasteiger partial charge on any atom is -0.487 e. The van der Waals surface area contributed by atoms with Crippen LogP contribution in [0.4, 0.5) is 4.39 Å². The van der Waals surface area contributed by atoms with Crippen molar-refractivity contribution in [2.24, 2.45) is 0 Å². The normalized spacial score (nSPS) is 11.9. The summed E-state index contributed by atoms with van der Waals surface area (Å²) in [4.78, 5) is 12.6. The molecule has 3 rings (SSSR count). The number of rotatable bonds is 7. The van der Waals surface area contributed by atoms with Gasteiger partial charge in [0, 0.05) is 16.1 Å². The SMILES string of the molecule is C#C/C(C(=O)OC)=C(/OCc1ccccc1)c1ccc(F)c(-c2cccc(Cl)c2)c1/C(C)=C\C. The molecule has 3 aromatic carbocycles. The highest BCUT2D eigenvalue weighted by Crippen LogP contribution is 2.39. The molecule has 34 heavy (non-hydrogen) atoms. The van der Waals surface area contributed by atoms with Crippen LogP contribution in [0, 0.1) is 18.2 Å². The van der Waals surface area contributed by atoms with Gasteiger partial charge in [0.1, 0.15) is 12.4 Å². The van der Waals surface area contributed by atoms with E-state index in [1.54, 1.807) is 30.3 Å². The number of allylic oxidation sites excluding steroid dienone is 2. The van der Waals surface area contributed by atoms with Crippen LogP contribution in [0.15, 0.2) is 78.4 Å². The highest BCUT2D eigenvalue weighted by atomic mass is 35.5. The third-order valence-electron chi connectivity index (χ3n) is 5.33. The first kappa shape index (κ1) is 24.8. The molecule has 3 nitrogen and oxygen atoms in total. The molecule has 0 spiro atoms. The zero-order valence-electron chi connectivity index (χ0n) is 19.2. The average molecular weight is 475 g/mol. The molecule has 0 unspecified atom stereocenters.